The lowest BCUT2D eigenvalue weighted by atomic mass is 9.92. The molecule has 92 valence electrons. The number of hydrogen-bond acceptors (Lipinski definition) is 3. The van der Waals surface area contributed by atoms with Crippen LogP contribution in [0.5, 0.6) is 0 Å². The molecule has 0 saturated carbocycles. The summed E-state index contributed by atoms with van der Waals surface area (Å²) in [5, 5.41) is 3.58. The van der Waals surface area contributed by atoms with Crippen LogP contribution in [0.25, 0.3) is 16.7 Å². The molecule has 3 heteroatoms. The predicted molar refractivity (Wildman–Crippen MR) is 71.1 cm³/mol. The van der Waals surface area contributed by atoms with E-state index in [1.54, 1.807) is 0 Å². The van der Waals surface area contributed by atoms with Crippen molar-refractivity contribution >= 4 is 16.7 Å². The molecule has 4 rings (SSSR count). The van der Waals surface area contributed by atoms with Crippen molar-refractivity contribution in [3.63, 3.8) is 0 Å². The quantitative estimate of drug-likeness (QED) is 0.832. The largest absolute Gasteiger partial charge is 0.455 e. The molecule has 0 spiro atoms. The van der Waals surface area contributed by atoms with Gasteiger partial charge in [0.2, 0.25) is 0 Å². The fourth-order valence-electron chi connectivity index (χ4n) is 3.18. The van der Waals surface area contributed by atoms with Gasteiger partial charge in [0, 0.05) is 18.3 Å². The average Bonchev–Trinajstić information content (AvgIpc) is 3.02. The highest BCUT2D eigenvalue weighted by Gasteiger charge is 2.31. The first-order valence-corrected chi connectivity index (χ1v) is 6.69. The molecule has 18 heavy (non-hydrogen) atoms. The maximum atomic E-state index is 5.90. The number of nitrogens with one attached hydrogen (secondary N) is 1. The second-order valence-corrected chi connectivity index (χ2v) is 5.28. The maximum absolute atomic E-state index is 5.90. The van der Waals surface area contributed by atoms with Crippen LogP contribution in [-0.4, -0.2) is 17.6 Å². The summed E-state index contributed by atoms with van der Waals surface area (Å²) < 4.78 is 5.90. The van der Waals surface area contributed by atoms with E-state index in [4.69, 9.17) is 4.42 Å². The first kappa shape index (κ1) is 10.3. The Balaban J connectivity index is 1.70. The van der Waals surface area contributed by atoms with Gasteiger partial charge in [-0.25, -0.2) is 0 Å². The van der Waals surface area contributed by atoms with Crippen molar-refractivity contribution in [2.24, 2.45) is 5.92 Å². The minimum absolute atomic E-state index is 0.551. The zero-order chi connectivity index (χ0) is 11.9. The van der Waals surface area contributed by atoms with Crippen LogP contribution in [0, 0.1) is 5.92 Å². The van der Waals surface area contributed by atoms with Gasteiger partial charge in [0.05, 0.1) is 0 Å². The number of allylic oxidation sites excluding steroid dienone is 1. The molecule has 3 nitrogen and oxygen atoms in total. The average molecular weight is 240 g/mol. The SMILES string of the molecule is C1=C(c2cc3ncccc3o2)C[C@@H]2CCCN[C@H]12. The normalized spacial score (nSPS) is 27.2. The Bertz CT molecular complexity index is 581. The second kappa shape index (κ2) is 3.95. The number of furan rings is 1. The Morgan fingerprint density at radius 3 is 3.28 bits per heavy atom. The summed E-state index contributed by atoms with van der Waals surface area (Å²) in [4.78, 5) is 4.33. The third-order valence-corrected chi connectivity index (χ3v) is 4.11. The number of rotatable bonds is 1. The summed E-state index contributed by atoms with van der Waals surface area (Å²) in [7, 11) is 0. The Morgan fingerprint density at radius 2 is 2.39 bits per heavy atom. The van der Waals surface area contributed by atoms with E-state index in [-0.39, 0.29) is 0 Å². The van der Waals surface area contributed by atoms with E-state index in [1.807, 2.05) is 18.3 Å². The lowest BCUT2D eigenvalue weighted by Crippen LogP contribution is -2.37. The Kier molecular flexibility index (Phi) is 2.27. The van der Waals surface area contributed by atoms with Crippen LogP contribution in [0.3, 0.4) is 0 Å². The highest BCUT2D eigenvalue weighted by atomic mass is 16.3. The van der Waals surface area contributed by atoms with E-state index < -0.39 is 0 Å². The summed E-state index contributed by atoms with van der Waals surface area (Å²) >= 11 is 0. The number of fused-ring (bicyclic) bond motifs is 2. The van der Waals surface area contributed by atoms with Crippen molar-refractivity contribution in [1.29, 1.82) is 0 Å². The summed E-state index contributed by atoms with van der Waals surface area (Å²) in [6.07, 6.45) is 7.92. The van der Waals surface area contributed by atoms with E-state index in [0.29, 0.717) is 6.04 Å². The summed E-state index contributed by atoms with van der Waals surface area (Å²) in [6, 6.07) is 6.51. The molecule has 1 fully saturated rings. The maximum Gasteiger partial charge on any atom is 0.153 e. The van der Waals surface area contributed by atoms with Gasteiger partial charge in [0.25, 0.3) is 0 Å². The first-order valence-electron chi connectivity index (χ1n) is 6.69. The molecule has 0 aromatic carbocycles. The van der Waals surface area contributed by atoms with Gasteiger partial charge in [-0.05, 0) is 49.4 Å². The lowest BCUT2D eigenvalue weighted by Gasteiger charge is -2.25. The van der Waals surface area contributed by atoms with Crippen molar-refractivity contribution in [3.8, 4) is 0 Å². The van der Waals surface area contributed by atoms with Gasteiger partial charge in [0.15, 0.2) is 5.58 Å². The van der Waals surface area contributed by atoms with Crippen molar-refractivity contribution < 1.29 is 4.42 Å². The number of piperidine rings is 1. The standard InChI is InChI=1S/C15H16N2O/c1-3-10-7-11(8-12(10)16-5-1)15-9-13-14(18-15)4-2-6-17-13/h2,4,6,8-10,12,16H,1,3,5,7H2/t10-,12+/m0/s1. The van der Waals surface area contributed by atoms with E-state index in [9.17, 15) is 0 Å². The van der Waals surface area contributed by atoms with E-state index >= 15 is 0 Å². The number of nitrogens with zero attached hydrogens (tertiary/aromatic N) is 1. The molecule has 1 aliphatic heterocycles. The molecule has 0 bridgehead atoms. The monoisotopic (exact) mass is 240 g/mol. The molecule has 1 aliphatic carbocycles. The van der Waals surface area contributed by atoms with Gasteiger partial charge in [-0.15, -0.1) is 0 Å². The molecule has 1 saturated heterocycles. The predicted octanol–water partition coefficient (Wildman–Crippen LogP) is 2.98. The van der Waals surface area contributed by atoms with Crippen LogP contribution in [0.2, 0.25) is 0 Å². The highest BCUT2D eigenvalue weighted by molar-refractivity contribution is 5.79. The van der Waals surface area contributed by atoms with Crippen molar-refractivity contribution in [2.45, 2.75) is 25.3 Å². The number of aromatic nitrogens is 1. The van der Waals surface area contributed by atoms with Gasteiger partial charge in [-0.1, -0.05) is 6.08 Å². The zero-order valence-corrected chi connectivity index (χ0v) is 10.2. The Morgan fingerprint density at radius 1 is 1.39 bits per heavy atom. The van der Waals surface area contributed by atoms with E-state index in [0.717, 1.165) is 35.7 Å². The van der Waals surface area contributed by atoms with Crippen molar-refractivity contribution in [2.75, 3.05) is 6.54 Å². The smallest absolute Gasteiger partial charge is 0.153 e. The van der Waals surface area contributed by atoms with Crippen molar-refractivity contribution in [1.82, 2.24) is 10.3 Å². The molecule has 0 radical (unpaired) electrons. The molecule has 2 aromatic rings. The topological polar surface area (TPSA) is 38.1 Å². The van der Waals surface area contributed by atoms with Crippen molar-refractivity contribution in [3.05, 3.63) is 36.2 Å². The van der Waals surface area contributed by atoms with E-state index in [1.165, 1.54) is 18.4 Å². The minimum atomic E-state index is 0.551. The van der Waals surface area contributed by atoms with Crippen LogP contribution in [0.15, 0.2) is 34.9 Å². The molecule has 2 aromatic heterocycles. The molecular weight excluding hydrogens is 224 g/mol. The molecule has 2 atom stereocenters. The summed E-state index contributed by atoms with van der Waals surface area (Å²) in [5.74, 6) is 1.76. The number of hydrogen-bond donors (Lipinski definition) is 1. The van der Waals surface area contributed by atoms with Crippen LogP contribution < -0.4 is 5.32 Å². The Labute approximate surface area is 106 Å². The third kappa shape index (κ3) is 1.58. The second-order valence-electron chi connectivity index (χ2n) is 5.28. The lowest BCUT2D eigenvalue weighted by molar-refractivity contribution is 0.341. The third-order valence-electron chi connectivity index (χ3n) is 4.11. The van der Waals surface area contributed by atoms with E-state index in [2.05, 4.69) is 22.4 Å². The van der Waals surface area contributed by atoms with Gasteiger partial charge >= 0.3 is 0 Å². The van der Waals surface area contributed by atoms with Crippen LogP contribution >= 0.6 is 0 Å². The Hall–Kier alpha value is -1.61. The molecule has 0 unspecified atom stereocenters. The fourth-order valence-corrected chi connectivity index (χ4v) is 3.18. The fraction of sp³-hybridized carbons (Fsp3) is 0.400. The molecule has 0 amide bonds. The summed E-state index contributed by atoms with van der Waals surface area (Å²) in [6.45, 7) is 1.15. The highest BCUT2D eigenvalue weighted by Crippen LogP contribution is 2.38. The number of pyridine rings is 1. The molecular formula is C15H16N2O. The first-order chi connectivity index (χ1) is 8.90. The van der Waals surface area contributed by atoms with Gasteiger partial charge < -0.3 is 9.73 Å². The molecule has 3 heterocycles. The molecule has 2 aliphatic rings. The summed E-state index contributed by atoms with van der Waals surface area (Å²) in [5.41, 5.74) is 3.19. The zero-order valence-electron chi connectivity index (χ0n) is 10.2. The van der Waals surface area contributed by atoms with Crippen LogP contribution in [-0.2, 0) is 0 Å². The van der Waals surface area contributed by atoms with Gasteiger partial charge in [0.1, 0.15) is 11.3 Å². The van der Waals surface area contributed by atoms with Gasteiger partial charge in [-0.2, -0.15) is 0 Å². The van der Waals surface area contributed by atoms with Gasteiger partial charge in [-0.3, -0.25) is 4.98 Å². The van der Waals surface area contributed by atoms with Crippen LogP contribution in [0.1, 0.15) is 25.0 Å². The minimum Gasteiger partial charge on any atom is -0.455 e. The molecule has 1 N–H and O–H groups in total. The van der Waals surface area contributed by atoms with Crippen LogP contribution in [0.4, 0.5) is 0 Å².